The molecule has 1 aliphatic heterocycles. The molecule has 0 aliphatic carbocycles. The fraction of sp³-hybridized carbons (Fsp3) is 0.174. The predicted molar refractivity (Wildman–Crippen MR) is 125 cm³/mol. The molecule has 0 amide bonds. The molecular formula is C23H18ClF3N4O2S. The number of ether oxygens (including phenoxy) is 1. The van der Waals surface area contributed by atoms with Gasteiger partial charge in [0.1, 0.15) is 18.0 Å². The van der Waals surface area contributed by atoms with Crippen molar-refractivity contribution in [3.63, 3.8) is 0 Å². The van der Waals surface area contributed by atoms with E-state index >= 15 is 0 Å². The smallest absolute Gasteiger partial charge is 0.416 e. The molecule has 0 radical (unpaired) electrons. The van der Waals surface area contributed by atoms with Gasteiger partial charge in [0.15, 0.2) is 0 Å². The largest absolute Gasteiger partial charge is 0.466 e. The molecule has 2 aromatic carbocycles. The Bertz CT molecular complexity index is 1270. The van der Waals surface area contributed by atoms with Gasteiger partial charge in [0.25, 0.3) is 0 Å². The second-order valence-corrected chi connectivity index (χ2v) is 8.74. The van der Waals surface area contributed by atoms with Gasteiger partial charge in [0, 0.05) is 27.6 Å². The van der Waals surface area contributed by atoms with Crippen LogP contribution < -0.4 is 10.6 Å². The summed E-state index contributed by atoms with van der Waals surface area (Å²) in [5.41, 5.74) is 0.970. The summed E-state index contributed by atoms with van der Waals surface area (Å²) in [7, 11) is 1.32. The molecule has 4 rings (SSSR count). The summed E-state index contributed by atoms with van der Waals surface area (Å²) in [6.45, 7) is 0.512. The number of benzene rings is 2. The van der Waals surface area contributed by atoms with Crippen molar-refractivity contribution in [3.05, 3.63) is 70.5 Å². The minimum Gasteiger partial charge on any atom is -0.466 e. The quantitative estimate of drug-likeness (QED) is 0.387. The van der Waals surface area contributed by atoms with Gasteiger partial charge in [0.2, 0.25) is 0 Å². The Kier molecular flexibility index (Phi) is 6.99. The summed E-state index contributed by atoms with van der Waals surface area (Å²) in [6.07, 6.45) is -0.871. The highest BCUT2D eigenvalue weighted by atomic mass is 35.5. The van der Waals surface area contributed by atoms with Gasteiger partial charge in [-0.2, -0.15) is 13.2 Å². The molecule has 1 aliphatic rings. The molecule has 1 aromatic heterocycles. The number of aromatic nitrogens is 2. The second-order valence-electron chi connectivity index (χ2n) is 7.22. The van der Waals surface area contributed by atoms with Crippen LogP contribution in [0.3, 0.4) is 0 Å². The number of alkyl halides is 3. The van der Waals surface area contributed by atoms with Gasteiger partial charge in [-0.1, -0.05) is 29.4 Å². The van der Waals surface area contributed by atoms with Crippen LogP contribution in [0.5, 0.6) is 0 Å². The van der Waals surface area contributed by atoms with E-state index in [0.717, 1.165) is 23.9 Å². The molecule has 2 heterocycles. The molecule has 0 saturated carbocycles. The molecule has 11 heteroatoms. The first-order chi connectivity index (χ1) is 16.2. The van der Waals surface area contributed by atoms with E-state index in [1.165, 1.54) is 19.5 Å². The molecule has 176 valence electrons. The van der Waals surface area contributed by atoms with Crippen molar-refractivity contribution in [1.82, 2.24) is 9.97 Å². The molecule has 0 atom stereocenters. The number of rotatable bonds is 5. The third kappa shape index (κ3) is 5.45. The lowest BCUT2D eigenvalue weighted by atomic mass is 10.1. The Hall–Kier alpha value is -3.24. The molecule has 0 spiro atoms. The van der Waals surface area contributed by atoms with Crippen LogP contribution in [0.1, 0.15) is 17.5 Å². The highest BCUT2D eigenvalue weighted by molar-refractivity contribution is 7.99. The monoisotopic (exact) mass is 506 g/mol. The van der Waals surface area contributed by atoms with Crippen LogP contribution in [0.4, 0.5) is 30.5 Å². The molecule has 3 aromatic rings. The maximum atomic E-state index is 13.0. The molecule has 0 bridgehead atoms. The Labute approximate surface area is 202 Å². The highest BCUT2D eigenvalue weighted by Gasteiger charge is 2.30. The lowest BCUT2D eigenvalue weighted by molar-refractivity contribution is -0.138. The third-order valence-corrected chi connectivity index (χ3v) is 6.41. The molecule has 6 nitrogen and oxygen atoms in total. The first kappa shape index (κ1) is 23.9. The Morgan fingerprint density at radius 1 is 1.21 bits per heavy atom. The van der Waals surface area contributed by atoms with Crippen molar-refractivity contribution in [3.8, 4) is 0 Å². The molecule has 0 fully saturated rings. The number of nitrogens with zero attached hydrogens (tertiary/aromatic N) is 2. The number of hydrogen-bond donors (Lipinski definition) is 2. The van der Waals surface area contributed by atoms with Crippen molar-refractivity contribution < 1.29 is 22.7 Å². The average Bonchev–Trinajstić information content (AvgIpc) is 3.03. The number of methoxy groups -OCH3 is 1. The molecule has 2 N–H and O–H groups in total. The summed E-state index contributed by atoms with van der Waals surface area (Å²) in [4.78, 5) is 21.6. The zero-order chi connectivity index (χ0) is 24.3. The van der Waals surface area contributed by atoms with E-state index in [0.29, 0.717) is 56.2 Å². The summed E-state index contributed by atoms with van der Waals surface area (Å²) < 4.78 is 43.8. The summed E-state index contributed by atoms with van der Waals surface area (Å²) in [6, 6.07) is 10.2. The first-order valence-electron chi connectivity index (χ1n) is 10.0. The number of halogens is 4. The minimum absolute atomic E-state index is 0.358. The third-order valence-electron chi connectivity index (χ3n) is 4.92. The van der Waals surface area contributed by atoms with Gasteiger partial charge >= 0.3 is 12.1 Å². The van der Waals surface area contributed by atoms with Crippen molar-refractivity contribution in [1.29, 1.82) is 0 Å². The summed E-state index contributed by atoms with van der Waals surface area (Å²) >= 11 is 7.56. The van der Waals surface area contributed by atoms with E-state index in [-0.39, 0.29) is 0 Å². The average molecular weight is 507 g/mol. The molecule has 0 saturated heterocycles. The van der Waals surface area contributed by atoms with Gasteiger partial charge in [0.05, 0.1) is 23.3 Å². The fourth-order valence-electron chi connectivity index (χ4n) is 3.29. The van der Waals surface area contributed by atoms with Crippen molar-refractivity contribution >= 4 is 52.7 Å². The summed E-state index contributed by atoms with van der Waals surface area (Å²) in [5, 5.41) is 6.69. The van der Waals surface area contributed by atoms with Crippen LogP contribution >= 0.6 is 23.4 Å². The Morgan fingerprint density at radius 3 is 2.76 bits per heavy atom. The number of carbonyl (C=O) groups excluding carboxylic acids is 1. The van der Waals surface area contributed by atoms with E-state index < -0.39 is 17.7 Å². The molecule has 0 unspecified atom stereocenters. The van der Waals surface area contributed by atoms with Gasteiger partial charge in [-0.05, 0) is 48.9 Å². The van der Waals surface area contributed by atoms with E-state index in [9.17, 15) is 18.0 Å². The second kappa shape index (κ2) is 9.94. The van der Waals surface area contributed by atoms with Crippen molar-refractivity contribution in [2.75, 3.05) is 24.3 Å². The van der Waals surface area contributed by atoms with Crippen molar-refractivity contribution in [2.45, 2.75) is 22.4 Å². The number of anilines is 3. The molecular weight excluding hydrogens is 489 g/mol. The zero-order valence-corrected chi connectivity index (χ0v) is 19.3. The van der Waals surface area contributed by atoms with Crippen LogP contribution in [0.25, 0.3) is 6.08 Å². The zero-order valence-electron chi connectivity index (χ0n) is 17.7. The van der Waals surface area contributed by atoms with E-state index in [2.05, 4.69) is 20.6 Å². The van der Waals surface area contributed by atoms with Gasteiger partial charge in [-0.25, -0.2) is 14.8 Å². The van der Waals surface area contributed by atoms with Crippen LogP contribution in [0, 0.1) is 0 Å². The van der Waals surface area contributed by atoms with Gasteiger partial charge < -0.3 is 15.4 Å². The number of hydrogen-bond acceptors (Lipinski definition) is 7. The highest BCUT2D eigenvalue weighted by Crippen LogP contribution is 2.38. The van der Waals surface area contributed by atoms with Crippen LogP contribution in [-0.2, 0) is 15.7 Å². The van der Waals surface area contributed by atoms with Gasteiger partial charge in [-0.15, -0.1) is 0 Å². The minimum atomic E-state index is -4.42. The molecule has 34 heavy (non-hydrogen) atoms. The van der Waals surface area contributed by atoms with Gasteiger partial charge in [-0.3, -0.25) is 0 Å². The maximum absolute atomic E-state index is 13.0. The normalized spacial score (nSPS) is 13.3. The van der Waals surface area contributed by atoms with Crippen LogP contribution in [0.2, 0.25) is 5.02 Å². The SMILES string of the molecule is COC(=O)C1=Cc2c(ncnc2Nc2ccc(Sc3cccc(C(F)(F)F)c3)c(Cl)c2)NCC1. The number of fused-ring (bicyclic) bond motifs is 1. The van der Waals surface area contributed by atoms with Crippen molar-refractivity contribution in [2.24, 2.45) is 0 Å². The maximum Gasteiger partial charge on any atom is 0.416 e. The van der Waals surface area contributed by atoms with E-state index in [1.54, 1.807) is 30.3 Å². The Morgan fingerprint density at radius 2 is 2.03 bits per heavy atom. The topological polar surface area (TPSA) is 76.1 Å². The lowest BCUT2D eigenvalue weighted by Crippen LogP contribution is -2.08. The van der Waals surface area contributed by atoms with Crippen LogP contribution in [-0.4, -0.2) is 29.6 Å². The summed E-state index contributed by atoms with van der Waals surface area (Å²) in [5.74, 6) is 0.595. The number of esters is 1. The lowest BCUT2D eigenvalue weighted by Gasteiger charge is -2.13. The first-order valence-corrected chi connectivity index (χ1v) is 11.2. The van der Waals surface area contributed by atoms with E-state index in [1.807, 2.05) is 0 Å². The predicted octanol–water partition coefficient (Wildman–Crippen LogP) is 6.42. The fourth-order valence-corrected chi connectivity index (χ4v) is 4.46. The van der Waals surface area contributed by atoms with Crippen LogP contribution in [0.15, 0.2) is 64.2 Å². The standard InChI is InChI=1S/C23H18ClF3N4O2S/c1-33-22(32)13-7-8-28-20-17(9-13)21(30-12-29-20)31-15-5-6-19(18(24)11-15)34-16-4-2-3-14(10-16)23(25,26)27/h2-6,9-12H,7-8H2,1H3,(H2,28,29,30,31). The number of carbonyl (C=O) groups is 1. The number of nitrogens with one attached hydrogen (secondary N) is 2. The Balaban J connectivity index is 1.58. The van der Waals surface area contributed by atoms with E-state index in [4.69, 9.17) is 16.3 Å².